The minimum absolute atomic E-state index is 0.194. The Labute approximate surface area is 159 Å². The second-order valence-electron chi connectivity index (χ2n) is 6.54. The lowest BCUT2D eigenvalue weighted by Crippen LogP contribution is -2.41. The van der Waals surface area contributed by atoms with Gasteiger partial charge >= 0.3 is 6.18 Å². The SMILES string of the molecule is CCCCC(CC)CNC(=O)CN(c1cccc(C(F)(F)F)c1)S(C)(=O)=O. The first-order chi connectivity index (χ1) is 12.5. The topological polar surface area (TPSA) is 66.5 Å². The van der Waals surface area contributed by atoms with E-state index in [4.69, 9.17) is 0 Å². The van der Waals surface area contributed by atoms with Gasteiger partial charge < -0.3 is 5.32 Å². The van der Waals surface area contributed by atoms with E-state index in [1.54, 1.807) is 0 Å². The number of alkyl halides is 3. The Morgan fingerprint density at radius 3 is 2.44 bits per heavy atom. The van der Waals surface area contributed by atoms with Gasteiger partial charge in [0.1, 0.15) is 6.54 Å². The van der Waals surface area contributed by atoms with Gasteiger partial charge in [0.15, 0.2) is 0 Å². The molecule has 0 fully saturated rings. The number of hydrogen-bond donors (Lipinski definition) is 1. The molecule has 5 nitrogen and oxygen atoms in total. The number of rotatable bonds is 10. The van der Waals surface area contributed by atoms with E-state index in [9.17, 15) is 26.4 Å². The molecule has 0 spiro atoms. The number of amides is 1. The van der Waals surface area contributed by atoms with Crippen LogP contribution in [0.25, 0.3) is 0 Å². The van der Waals surface area contributed by atoms with Crippen LogP contribution in [0, 0.1) is 5.92 Å². The van der Waals surface area contributed by atoms with Crippen molar-refractivity contribution in [2.45, 2.75) is 45.7 Å². The van der Waals surface area contributed by atoms with E-state index in [0.717, 1.165) is 50.1 Å². The van der Waals surface area contributed by atoms with Crippen molar-refractivity contribution in [2.75, 3.05) is 23.7 Å². The molecule has 1 rings (SSSR count). The average molecular weight is 408 g/mol. The molecule has 1 aromatic rings. The standard InChI is InChI=1S/C18H27F3N2O3S/c1-4-6-8-14(5-2)12-22-17(24)13-23(27(3,25)26)16-10-7-9-15(11-16)18(19,20)21/h7,9-11,14H,4-6,8,12-13H2,1-3H3,(H,22,24). The number of carbonyl (C=O) groups excluding carboxylic acids is 1. The van der Waals surface area contributed by atoms with Gasteiger partial charge in [-0.25, -0.2) is 8.42 Å². The summed E-state index contributed by atoms with van der Waals surface area (Å²) >= 11 is 0. The number of benzene rings is 1. The summed E-state index contributed by atoms with van der Waals surface area (Å²) in [5.41, 5.74) is -1.17. The minimum Gasteiger partial charge on any atom is -0.354 e. The maximum absolute atomic E-state index is 12.9. The molecule has 9 heteroatoms. The number of hydrogen-bond acceptors (Lipinski definition) is 3. The van der Waals surface area contributed by atoms with Gasteiger partial charge in [-0.3, -0.25) is 9.10 Å². The van der Waals surface area contributed by atoms with E-state index in [-0.39, 0.29) is 11.6 Å². The van der Waals surface area contributed by atoms with Gasteiger partial charge in [-0.05, 0) is 30.5 Å². The first-order valence-electron chi connectivity index (χ1n) is 8.90. The Balaban J connectivity index is 2.89. The molecule has 154 valence electrons. The van der Waals surface area contributed by atoms with Crippen molar-refractivity contribution in [1.82, 2.24) is 5.32 Å². The van der Waals surface area contributed by atoms with Crippen LogP contribution in [0.4, 0.5) is 18.9 Å². The first-order valence-corrected chi connectivity index (χ1v) is 10.8. The first kappa shape index (κ1) is 23.3. The molecule has 0 radical (unpaired) electrons. The summed E-state index contributed by atoms with van der Waals surface area (Å²) in [5, 5.41) is 2.69. The second-order valence-corrected chi connectivity index (χ2v) is 8.45. The molecule has 0 aliphatic carbocycles. The Morgan fingerprint density at radius 1 is 1.26 bits per heavy atom. The minimum atomic E-state index is -4.60. The molecule has 1 N–H and O–H groups in total. The Morgan fingerprint density at radius 2 is 1.93 bits per heavy atom. The predicted molar refractivity (Wildman–Crippen MR) is 99.9 cm³/mol. The number of nitrogens with zero attached hydrogens (tertiary/aromatic N) is 1. The predicted octanol–water partition coefficient (Wildman–Crippen LogP) is 3.80. The van der Waals surface area contributed by atoms with Crippen molar-refractivity contribution >= 4 is 21.6 Å². The normalized spacial score (nSPS) is 13.3. The average Bonchev–Trinajstić information content (AvgIpc) is 2.58. The Bertz CT molecular complexity index is 721. The zero-order chi connectivity index (χ0) is 20.7. The lowest BCUT2D eigenvalue weighted by atomic mass is 9.99. The quantitative estimate of drug-likeness (QED) is 0.640. The van der Waals surface area contributed by atoms with E-state index < -0.39 is 34.2 Å². The molecule has 0 saturated heterocycles. The van der Waals surface area contributed by atoms with E-state index in [1.807, 2.05) is 6.92 Å². The molecular formula is C18H27F3N2O3S. The van der Waals surface area contributed by atoms with Crippen LogP contribution in [0.1, 0.15) is 45.1 Å². The molecule has 27 heavy (non-hydrogen) atoms. The zero-order valence-electron chi connectivity index (χ0n) is 15.8. The van der Waals surface area contributed by atoms with E-state index in [0.29, 0.717) is 10.8 Å². The van der Waals surface area contributed by atoms with E-state index in [1.165, 1.54) is 6.07 Å². The molecule has 0 bridgehead atoms. The van der Waals surface area contributed by atoms with Crippen LogP contribution in [0.3, 0.4) is 0 Å². The number of unbranched alkanes of at least 4 members (excludes halogenated alkanes) is 1. The van der Waals surface area contributed by atoms with Crippen LogP contribution >= 0.6 is 0 Å². The highest BCUT2D eigenvalue weighted by atomic mass is 32.2. The molecule has 1 amide bonds. The fourth-order valence-corrected chi connectivity index (χ4v) is 3.47. The van der Waals surface area contributed by atoms with Crippen LogP contribution in [0.15, 0.2) is 24.3 Å². The summed E-state index contributed by atoms with van der Waals surface area (Å²) in [7, 11) is -3.93. The Kier molecular flexibility index (Phi) is 8.59. The summed E-state index contributed by atoms with van der Waals surface area (Å²) in [6.45, 7) is 3.93. The summed E-state index contributed by atoms with van der Waals surface area (Å²) in [5.74, 6) is -0.262. The van der Waals surface area contributed by atoms with Crippen LogP contribution in [-0.4, -0.2) is 33.7 Å². The van der Waals surface area contributed by atoms with Crippen LogP contribution in [-0.2, 0) is 21.0 Å². The number of anilines is 1. The maximum Gasteiger partial charge on any atom is 0.416 e. The number of nitrogens with one attached hydrogen (secondary N) is 1. The second kappa shape index (κ2) is 9.96. The molecule has 1 unspecified atom stereocenters. The number of carbonyl (C=O) groups is 1. The molecule has 1 atom stereocenters. The summed E-state index contributed by atoms with van der Waals surface area (Å²) in [4.78, 5) is 12.2. The number of sulfonamides is 1. The fourth-order valence-electron chi connectivity index (χ4n) is 2.63. The zero-order valence-corrected chi connectivity index (χ0v) is 16.7. The van der Waals surface area contributed by atoms with Crippen molar-refractivity contribution in [3.8, 4) is 0 Å². The highest BCUT2D eigenvalue weighted by molar-refractivity contribution is 7.92. The third-order valence-corrected chi connectivity index (χ3v) is 5.42. The van der Waals surface area contributed by atoms with Crippen LogP contribution in [0.2, 0.25) is 0 Å². The molecule has 0 saturated carbocycles. The third-order valence-electron chi connectivity index (χ3n) is 4.28. The molecule has 0 aliphatic heterocycles. The summed E-state index contributed by atoms with van der Waals surface area (Å²) in [6.07, 6.45) is 0.169. The molecule has 0 aliphatic rings. The van der Waals surface area contributed by atoms with Crippen LogP contribution in [0.5, 0.6) is 0 Å². The van der Waals surface area contributed by atoms with Gasteiger partial charge in [0.2, 0.25) is 15.9 Å². The smallest absolute Gasteiger partial charge is 0.354 e. The molecule has 0 aromatic heterocycles. The Hall–Kier alpha value is -1.77. The van der Waals surface area contributed by atoms with Gasteiger partial charge in [0.05, 0.1) is 17.5 Å². The van der Waals surface area contributed by atoms with Crippen molar-refractivity contribution in [2.24, 2.45) is 5.92 Å². The monoisotopic (exact) mass is 408 g/mol. The van der Waals surface area contributed by atoms with Gasteiger partial charge in [0, 0.05) is 6.54 Å². The third kappa shape index (κ3) is 7.78. The number of halogens is 3. The van der Waals surface area contributed by atoms with E-state index >= 15 is 0 Å². The lowest BCUT2D eigenvalue weighted by Gasteiger charge is -2.23. The van der Waals surface area contributed by atoms with E-state index in [2.05, 4.69) is 12.2 Å². The van der Waals surface area contributed by atoms with Crippen molar-refractivity contribution in [3.63, 3.8) is 0 Å². The highest BCUT2D eigenvalue weighted by Gasteiger charge is 2.32. The van der Waals surface area contributed by atoms with Gasteiger partial charge in [-0.15, -0.1) is 0 Å². The van der Waals surface area contributed by atoms with Crippen LogP contribution < -0.4 is 9.62 Å². The molecule has 1 aromatic carbocycles. The largest absolute Gasteiger partial charge is 0.416 e. The fraction of sp³-hybridized carbons (Fsp3) is 0.611. The van der Waals surface area contributed by atoms with Gasteiger partial charge in [0.25, 0.3) is 0 Å². The van der Waals surface area contributed by atoms with Crippen molar-refractivity contribution in [3.05, 3.63) is 29.8 Å². The van der Waals surface area contributed by atoms with Crippen molar-refractivity contribution < 1.29 is 26.4 Å². The van der Waals surface area contributed by atoms with Crippen molar-refractivity contribution in [1.29, 1.82) is 0 Å². The molecule has 0 heterocycles. The summed E-state index contributed by atoms with van der Waals surface area (Å²) < 4.78 is 63.4. The maximum atomic E-state index is 12.9. The molecular weight excluding hydrogens is 381 g/mol. The van der Waals surface area contributed by atoms with Gasteiger partial charge in [-0.1, -0.05) is 39.2 Å². The summed E-state index contributed by atoms with van der Waals surface area (Å²) in [6, 6.07) is 3.93. The van der Waals surface area contributed by atoms with Gasteiger partial charge in [-0.2, -0.15) is 13.2 Å². The highest BCUT2D eigenvalue weighted by Crippen LogP contribution is 2.32. The lowest BCUT2D eigenvalue weighted by molar-refractivity contribution is -0.137.